The van der Waals surface area contributed by atoms with Gasteiger partial charge in [0.05, 0.1) is 17.2 Å². The Morgan fingerprint density at radius 1 is 1.40 bits per heavy atom. The number of rotatable bonds is 2. The number of nitrogens with zero attached hydrogens (tertiary/aromatic N) is 2. The van der Waals surface area contributed by atoms with Crippen molar-refractivity contribution in [1.29, 1.82) is 0 Å². The van der Waals surface area contributed by atoms with E-state index < -0.39 is 6.04 Å². The van der Waals surface area contributed by atoms with Crippen molar-refractivity contribution in [3.8, 4) is 0 Å². The molecule has 104 valence electrons. The number of carbonyl (C=O) groups is 1. The van der Waals surface area contributed by atoms with Gasteiger partial charge in [-0.05, 0) is 37.0 Å². The Morgan fingerprint density at radius 3 is 3.00 bits per heavy atom. The molecule has 0 spiro atoms. The van der Waals surface area contributed by atoms with Gasteiger partial charge >= 0.3 is 0 Å². The molecule has 1 aliphatic rings. The molecule has 1 aliphatic heterocycles. The molecule has 0 radical (unpaired) electrons. The largest absolute Gasteiger partial charge is 0.354 e. The van der Waals surface area contributed by atoms with Gasteiger partial charge in [0.2, 0.25) is 5.91 Å². The minimum atomic E-state index is -0.432. The normalized spacial score (nSPS) is 19.1. The first-order valence-corrected chi connectivity index (χ1v) is 6.98. The maximum Gasteiger partial charge on any atom is 0.261 e. The summed E-state index contributed by atoms with van der Waals surface area (Å²) in [6, 6.07) is 5.29. The SMILES string of the molecule is CCc1ccc2ncn([C@H]3CCCNC3=O)c(=O)c2c1. The Kier molecular flexibility index (Phi) is 3.26. The highest BCUT2D eigenvalue weighted by atomic mass is 16.2. The van der Waals surface area contributed by atoms with E-state index in [0.717, 1.165) is 18.4 Å². The first-order chi connectivity index (χ1) is 9.70. The molecule has 2 aromatic rings. The number of nitrogens with one attached hydrogen (secondary N) is 1. The minimum absolute atomic E-state index is 0.0915. The van der Waals surface area contributed by atoms with Gasteiger partial charge in [0, 0.05) is 6.54 Å². The molecule has 5 nitrogen and oxygen atoms in total. The zero-order valence-corrected chi connectivity index (χ0v) is 11.4. The summed E-state index contributed by atoms with van der Waals surface area (Å²) in [7, 11) is 0. The molecule has 1 aromatic carbocycles. The summed E-state index contributed by atoms with van der Waals surface area (Å²) < 4.78 is 1.47. The molecule has 1 amide bonds. The first-order valence-electron chi connectivity index (χ1n) is 6.98. The van der Waals surface area contributed by atoms with E-state index >= 15 is 0 Å². The van der Waals surface area contributed by atoms with Crippen LogP contribution in [-0.2, 0) is 11.2 Å². The molecule has 0 aliphatic carbocycles. The van der Waals surface area contributed by atoms with Crippen molar-refractivity contribution >= 4 is 16.8 Å². The Bertz CT molecular complexity index is 721. The molecule has 20 heavy (non-hydrogen) atoms. The second-order valence-corrected chi connectivity index (χ2v) is 5.11. The van der Waals surface area contributed by atoms with Gasteiger partial charge in [-0.1, -0.05) is 13.0 Å². The topological polar surface area (TPSA) is 64.0 Å². The van der Waals surface area contributed by atoms with Crippen LogP contribution in [0.4, 0.5) is 0 Å². The molecule has 0 bridgehead atoms. The number of piperidine rings is 1. The molecule has 1 aromatic heterocycles. The molecular weight excluding hydrogens is 254 g/mol. The lowest BCUT2D eigenvalue weighted by Gasteiger charge is -2.23. The van der Waals surface area contributed by atoms with E-state index in [1.807, 2.05) is 25.1 Å². The van der Waals surface area contributed by atoms with Crippen LogP contribution in [0.15, 0.2) is 29.3 Å². The van der Waals surface area contributed by atoms with Crippen LogP contribution in [0.2, 0.25) is 0 Å². The maximum atomic E-state index is 12.6. The third-order valence-electron chi connectivity index (χ3n) is 3.85. The second-order valence-electron chi connectivity index (χ2n) is 5.11. The van der Waals surface area contributed by atoms with Gasteiger partial charge in [-0.2, -0.15) is 0 Å². The van der Waals surface area contributed by atoms with Gasteiger partial charge in [0.15, 0.2) is 0 Å². The van der Waals surface area contributed by atoms with E-state index in [2.05, 4.69) is 10.3 Å². The number of carbonyl (C=O) groups excluding carboxylic acids is 1. The summed E-state index contributed by atoms with van der Waals surface area (Å²) >= 11 is 0. The fraction of sp³-hybridized carbons (Fsp3) is 0.400. The minimum Gasteiger partial charge on any atom is -0.354 e. The quantitative estimate of drug-likeness (QED) is 0.898. The number of fused-ring (bicyclic) bond motifs is 1. The Morgan fingerprint density at radius 2 is 2.25 bits per heavy atom. The van der Waals surface area contributed by atoms with Crippen molar-refractivity contribution in [2.45, 2.75) is 32.2 Å². The lowest BCUT2D eigenvalue weighted by Crippen LogP contribution is -2.41. The molecule has 2 heterocycles. The van der Waals surface area contributed by atoms with Gasteiger partial charge in [-0.15, -0.1) is 0 Å². The lowest BCUT2D eigenvalue weighted by atomic mass is 10.1. The van der Waals surface area contributed by atoms with Crippen molar-refractivity contribution in [1.82, 2.24) is 14.9 Å². The van der Waals surface area contributed by atoms with Gasteiger partial charge in [0.1, 0.15) is 6.04 Å². The highest BCUT2D eigenvalue weighted by molar-refractivity contribution is 5.82. The van der Waals surface area contributed by atoms with Crippen molar-refractivity contribution in [3.05, 3.63) is 40.4 Å². The summed E-state index contributed by atoms with van der Waals surface area (Å²) in [5.41, 5.74) is 1.65. The van der Waals surface area contributed by atoms with Gasteiger partial charge in [-0.25, -0.2) is 4.98 Å². The van der Waals surface area contributed by atoms with Crippen LogP contribution < -0.4 is 10.9 Å². The fourth-order valence-electron chi connectivity index (χ4n) is 2.65. The Hall–Kier alpha value is -2.17. The average molecular weight is 271 g/mol. The Balaban J connectivity index is 2.14. The number of hydrogen-bond acceptors (Lipinski definition) is 3. The maximum absolute atomic E-state index is 12.6. The average Bonchev–Trinajstić information content (AvgIpc) is 2.48. The summed E-state index contributed by atoms with van der Waals surface area (Å²) in [6.07, 6.45) is 3.93. The van der Waals surface area contributed by atoms with Gasteiger partial charge in [-0.3, -0.25) is 14.2 Å². The van der Waals surface area contributed by atoms with E-state index in [-0.39, 0.29) is 11.5 Å². The van der Waals surface area contributed by atoms with Crippen LogP contribution in [0.25, 0.3) is 10.9 Å². The number of hydrogen-bond donors (Lipinski definition) is 1. The van der Waals surface area contributed by atoms with E-state index in [0.29, 0.717) is 23.9 Å². The van der Waals surface area contributed by atoms with Crippen molar-refractivity contribution in [2.24, 2.45) is 0 Å². The van der Waals surface area contributed by atoms with E-state index in [9.17, 15) is 9.59 Å². The third-order valence-corrected chi connectivity index (χ3v) is 3.85. The monoisotopic (exact) mass is 271 g/mol. The highest BCUT2D eigenvalue weighted by Gasteiger charge is 2.25. The molecule has 3 rings (SSSR count). The summed E-state index contributed by atoms with van der Waals surface area (Å²) in [5, 5.41) is 3.39. The predicted molar refractivity (Wildman–Crippen MR) is 76.7 cm³/mol. The van der Waals surface area contributed by atoms with Crippen LogP contribution in [0.3, 0.4) is 0 Å². The van der Waals surface area contributed by atoms with Crippen molar-refractivity contribution < 1.29 is 4.79 Å². The second kappa shape index (κ2) is 5.07. The number of benzene rings is 1. The summed E-state index contributed by atoms with van der Waals surface area (Å²) in [5.74, 6) is -0.0915. The fourth-order valence-corrected chi connectivity index (χ4v) is 2.65. The van der Waals surface area contributed by atoms with Gasteiger partial charge < -0.3 is 5.32 Å². The standard InChI is InChI=1S/C15H17N3O2/c1-2-10-5-6-12-11(8-10)15(20)18(9-17-12)13-4-3-7-16-14(13)19/h5-6,8-9,13H,2-4,7H2,1H3,(H,16,19)/t13-/m0/s1. The lowest BCUT2D eigenvalue weighted by molar-refractivity contribution is -0.125. The van der Waals surface area contributed by atoms with Crippen LogP contribution in [0.1, 0.15) is 31.4 Å². The van der Waals surface area contributed by atoms with Crippen LogP contribution in [-0.4, -0.2) is 22.0 Å². The molecule has 1 fully saturated rings. The van der Waals surface area contributed by atoms with Crippen LogP contribution in [0.5, 0.6) is 0 Å². The smallest absolute Gasteiger partial charge is 0.261 e. The number of amides is 1. The first kappa shape index (κ1) is 12.8. The molecular formula is C15H17N3O2. The third kappa shape index (κ3) is 2.09. The molecule has 0 unspecified atom stereocenters. The summed E-state index contributed by atoms with van der Waals surface area (Å²) in [6.45, 7) is 2.73. The molecule has 1 saturated heterocycles. The van der Waals surface area contributed by atoms with Crippen LogP contribution in [0, 0.1) is 0 Å². The summed E-state index contributed by atoms with van der Waals surface area (Å²) in [4.78, 5) is 28.8. The zero-order valence-electron chi connectivity index (χ0n) is 11.4. The van der Waals surface area contributed by atoms with E-state index in [1.165, 1.54) is 10.9 Å². The number of aryl methyl sites for hydroxylation is 1. The van der Waals surface area contributed by atoms with Crippen molar-refractivity contribution in [2.75, 3.05) is 6.54 Å². The van der Waals surface area contributed by atoms with E-state index in [1.54, 1.807) is 0 Å². The predicted octanol–water partition coefficient (Wildman–Crippen LogP) is 1.41. The highest BCUT2D eigenvalue weighted by Crippen LogP contribution is 2.17. The molecule has 1 atom stereocenters. The molecule has 0 saturated carbocycles. The van der Waals surface area contributed by atoms with Crippen LogP contribution >= 0.6 is 0 Å². The zero-order chi connectivity index (χ0) is 14.1. The molecule has 1 N–H and O–H groups in total. The van der Waals surface area contributed by atoms with Gasteiger partial charge in [0.25, 0.3) is 5.56 Å². The number of aromatic nitrogens is 2. The Labute approximate surface area is 116 Å². The van der Waals surface area contributed by atoms with E-state index in [4.69, 9.17) is 0 Å². The molecule has 5 heteroatoms. The van der Waals surface area contributed by atoms with Crippen molar-refractivity contribution in [3.63, 3.8) is 0 Å².